The van der Waals surface area contributed by atoms with Crippen molar-refractivity contribution in [2.75, 3.05) is 19.7 Å². The van der Waals surface area contributed by atoms with E-state index in [0.29, 0.717) is 31.2 Å². The van der Waals surface area contributed by atoms with Crippen LogP contribution in [-0.2, 0) is 0 Å². The van der Waals surface area contributed by atoms with E-state index in [0.717, 1.165) is 24.0 Å². The molecule has 0 bridgehead atoms. The predicted molar refractivity (Wildman–Crippen MR) is 103 cm³/mol. The van der Waals surface area contributed by atoms with Gasteiger partial charge in [0.05, 0.1) is 6.61 Å². The summed E-state index contributed by atoms with van der Waals surface area (Å²) in [5.41, 5.74) is 0.0248. The SMILES string of the molecule is O=C(c1cc2ccccc2oc1=O)N1CCC(COc2ccccc2)CC1. The number of amides is 1. The highest BCUT2D eigenvalue weighted by Crippen LogP contribution is 2.21. The molecule has 0 radical (unpaired) electrons. The van der Waals surface area contributed by atoms with Crippen molar-refractivity contribution in [1.29, 1.82) is 0 Å². The average Bonchev–Trinajstić information content (AvgIpc) is 2.72. The second-order valence-corrected chi connectivity index (χ2v) is 6.84. The first-order valence-electron chi connectivity index (χ1n) is 9.21. The van der Waals surface area contributed by atoms with Crippen LogP contribution >= 0.6 is 0 Å². The van der Waals surface area contributed by atoms with Gasteiger partial charge in [-0.25, -0.2) is 4.79 Å². The molecule has 0 unspecified atom stereocenters. The van der Waals surface area contributed by atoms with E-state index in [4.69, 9.17) is 9.15 Å². The van der Waals surface area contributed by atoms with Gasteiger partial charge in [-0.05, 0) is 43.0 Å². The maximum atomic E-state index is 12.8. The van der Waals surface area contributed by atoms with Crippen molar-refractivity contribution in [3.63, 3.8) is 0 Å². The van der Waals surface area contributed by atoms with Crippen molar-refractivity contribution in [3.8, 4) is 5.75 Å². The molecular weight excluding hydrogens is 342 g/mol. The summed E-state index contributed by atoms with van der Waals surface area (Å²) in [5, 5.41) is 0.756. The molecule has 1 aliphatic heterocycles. The zero-order valence-corrected chi connectivity index (χ0v) is 15.0. The van der Waals surface area contributed by atoms with Crippen LogP contribution in [0.2, 0.25) is 0 Å². The molecule has 2 aromatic carbocycles. The summed E-state index contributed by atoms with van der Waals surface area (Å²) in [7, 11) is 0. The first kappa shape index (κ1) is 17.3. The summed E-state index contributed by atoms with van der Waals surface area (Å²) in [4.78, 5) is 26.7. The van der Waals surface area contributed by atoms with Crippen LogP contribution in [0, 0.1) is 5.92 Å². The minimum absolute atomic E-state index is 0.104. The zero-order valence-electron chi connectivity index (χ0n) is 15.0. The van der Waals surface area contributed by atoms with E-state index in [1.165, 1.54) is 0 Å². The van der Waals surface area contributed by atoms with Crippen molar-refractivity contribution >= 4 is 16.9 Å². The highest BCUT2D eigenvalue weighted by molar-refractivity contribution is 5.96. The van der Waals surface area contributed by atoms with Crippen LogP contribution in [0.1, 0.15) is 23.2 Å². The van der Waals surface area contributed by atoms with Crippen LogP contribution in [-0.4, -0.2) is 30.5 Å². The Balaban J connectivity index is 1.39. The molecule has 27 heavy (non-hydrogen) atoms. The summed E-state index contributed by atoms with van der Waals surface area (Å²) in [6.45, 7) is 1.88. The van der Waals surface area contributed by atoms with Gasteiger partial charge >= 0.3 is 5.63 Å². The molecule has 1 saturated heterocycles. The van der Waals surface area contributed by atoms with Crippen molar-refractivity contribution in [3.05, 3.63) is 76.6 Å². The molecule has 3 aromatic rings. The quantitative estimate of drug-likeness (QED) is 0.663. The molecule has 1 amide bonds. The zero-order chi connectivity index (χ0) is 18.6. The lowest BCUT2D eigenvalue weighted by Crippen LogP contribution is -2.41. The van der Waals surface area contributed by atoms with E-state index < -0.39 is 5.63 Å². The molecule has 0 spiro atoms. The van der Waals surface area contributed by atoms with Gasteiger partial charge in [0.2, 0.25) is 0 Å². The van der Waals surface area contributed by atoms with Gasteiger partial charge in [-0.2, -0.15) is 0 Å². The fourth-order valence-electron chi connectivity index (χ4n) is 3.41. The number of piperidine rings is 1. The Kier molecular flexibility index (Phi) is 4.92. The number of ether oxygens (including phenoxy) is 1. The average molecular weight is 363 g/mol. The number of carbonyl (C=O) groups excluding carboxylic acids is 1. The van der Waals surface area contributed by atoms with Gasteiger partial charge in [0, 0.05) is 18.5 Å². The van der Waals surface area contributed by atoms with Crippen LogP contribution in [0.25, 0.3) is 11.0 Å². The van der Waals surface area contributed by atoms with Gasteiger partial charge < -0.3 is 14.1 Å². The number of likely N-dealkylation sites (tertiary alicyclic amines) is 1. The molecule has 2 heterocycles. The van der Waals surface area contributed by atoms with Gasteiger partial charge in [-0.15, -0.1) is 0 Å². The molecule has 0 N–H and O–H groups in total. The van der Waals surface area contributed by atoms with Crippen molar-refractivity contribution in [1.82, 2.24) is 4.90 Å². The third-order valence-corrected chi connectivity index (χ3v) is 5.00. The molecule has 4 rings (SSSR count). The van der Waals surface area contributed by atoms with Crippen LogP contribution < -0.4 is 10.4 Å². The van der Waals surface area contributed by atoms with Crippen molar-refractivity contribution in [2.24, 2.45) is 5.92 Å². The minimum Gasteiger partial charge on any atom is -0.493 e. The van der Waals surface area contributed by atoms with E-state index in [9.17, 15) is 9.59 Å². The van der Waals surface area contributed by atoms with E-state index in [1.54, 1.807) is 23.1 Å². The highest BCUT2D eigenvalue weighted by Gasteiger charge is 2.26. The summed E-state index contributed by atoms with van der Waals surface area (Å²) in [6, 6.07) is 18.6. The molecule has 0 aliphatic carbocycles. The number of para-hydroxylation sites is 2. The second kappa shape index (κ2) is 7.66. The van der Waals surface area contributed by atoms with Gasteiger partial charge in [0.15, 0.2) is 0 Å². The highest BCUT2D eigenvalue weighted by atomic mass is 16.5. The maximum Gasteiger partial charge on any atom is 0.349 e. The third kappa shape index (κ3) is 3.87. The summed E-state index contributed by atoms with van der Waals surface area (Å²) < 4.78 is 11.1. The fourth-order valence-corrected chi connectivity index (χ4v) is 3.41. The third-order valence-electron chi connectivity index (χ3n) is 5.00. The number of rotatable bonds is 4. The Morgan fingerprint density at radius 2 is 1.74 bits per heavy atom. The summed E-state index contributed by atoms with van der Waals surface area (Å²) >= 11 is 0. The molecule has 1 fully saturated rings. The van der Waals surface area contributed by atoms with Gasteiger partial charge in [-0.1, -0.05) is 36.4 Å². The Morgan fingerprint density at radius 1 is 1.04 bits per heavy atom. The molecule has 0 atom stereocenters. The monoisotopic (exact) mass is 363 g/mol. The Bertz CT molecular complexity index is 988. The first-order chi connectivity index (χ1) is 13.2. The molecule has 138 valence electrons. The number of hydrogen-bond donors (Lipinski definition) is 0. The molecular formula is C22H21NO4. The van der Waals surface area contributed by atoms with Gasteiger partial charge in [0.1, 0.15) is 16.9 Å². The van der Waals surface area contributed by atoms with Gasteiger partial charge in [-0.3, -0.25) is 4.79 Å². The van der Waals surface area contributed by atoms with Crippen LogP contribution in [0.5, 0.6) is 5.75 Å². The smallest absolute Gasteiger partial charge is 0.349 e. The molecule has 5 heteroatoms. The maximum absolute atomic E-state index is 12.8. The van der Waals surface area contributed by atoms with Crippen LogP contribution in [0.3, 0.4) is 0 Å². The topological polar surface area (TPSA) is 59.8 Å². The van der Waals surface area contributed by atoms with E-state index in [-0.39, 0.29) is 11.5 Å². The summed E-state index contributed by atoms with van der Waals surface area (Å²) in [5.74, 6) is 1.02. The molecule has 1 aliphatic rings. The standard InChI is InChI=1S/C22H21NO4/c24-21(19-14-17-6-4-5-9-20(17)27-22(19)25)23-12-10-16(11-13-23)15-26-18-7-2-1-3-8-18/h1-9,14,16H,10-13,15H2. The molecule has 0 saturated carbocycles. The fraction of sp³-hybridized carbons (Fsp3) is 0.273. The lowest BCUT2D eigenvalue weighted by Gasteiger charge is -2.31. The number of nitrogens with zero attached hydrogens (tertiary/aromatic N) is 1. The van der Waals surface area contributed by atoms with Gasteiger partial charge in [0.25, 0.3) is 5.91 Å². The van der Waals surface area contributed by atoms with Crippen LogP contribution in [0.4, 0.5) is 0 Å². The van der Waals surface area contributed by atoms with E-state index >= 15 is 0 Å². The van der Waals surface area contributed by atoms with E-state index in [1.807, 2.05) is 42.5 Å². The number of carbonyl (C=O) groups is 1. The summed E-state index contributed by atoms with van der Waals surface area (Å²) in [6.07, 6.45) is 1.72. The minimum atomic E-state index is -0.576. The number of benzene rings is 2. The Hall–Kier alpha value is -3.08. The lowest BCUT2D eigenvalue weighted by atomic mass is 9.97. The molecule has 1 aromatic heterocycles. The Labute approximate surface area is 157 Å². The number of fused-ring (bicyclic) bond motifs is 1. The Morgan fingerprint density at radius 3 is 2.52 bits per heavy atom. The first-order valence-corrected chi connectivity index (χ1v) is 9.21. The molecule has 5 nitrogen and oxygen atoms in total. The normalized spacial score (nSPS) is 15.0. The van der Waals surface area contributed by atoms with E-state index in [2.05, 4.69) is 0 Å². The van der Waals surface area contributed by atoms with Crippen molar-refractivity contribution < 1.29 is 13.9 Å². The largest absolute Gasteiger partial charge is 0.493 e. The predicted octanol–water partition coefficient (Wildman–Crippen LogP) is 3.72. The second-order valence-electron chi connectivity index (χ2n) is 6.84. The van der Waals surface area contributed by atoms with Crippen LogP contribution in [0.15, 0.2) is 69.9 Å². The van der Waals surface area contributed by atoms with Crippen molar-refractivity contribution in [2.45, 2.75) is 12.8 Å². The lowest BCUT2D eigenvalue weighted by molar-refractivity contribution is 0.0657. The number of hydrogen-bond acceptors (Lipinski definition) is 4.